The molecule has 1 aliphatic rings. The fourth-order valence-corrected chi connectivity index (χ4v) is 3.99. The van der Waals surface area contributed by atoms with Crippen molar-refractivity contribution >= 4 is 52.0 Å². The van der Waals surface area contributed by atoms with E-state index in [4.69, 9.17) is 23.2 Å². The van der Waals surface area contributed by atoms with Crippen molar-refractivity contribution in [3.05, 3.63) is 99.2 Å². The summed E-state index contributed by atoms with van der Waals surface area (Å²) in [5, 5.41) is 3.60. The molecule has 0 aliphatic carbocycles. The number of carbonyl (C=O) groups excluding carboxylic acids is 2. The molecule has 0 spiro atoms. The molecule has 0 saturated heterocycles. The average molecular weight is 465 g/mol. The summed E-state index contributed by atoms with van der Waals surface area (Å²) in [5.74, 6) is -0.548. The van der Waals surface area contributed by atoms with Crippen LogP contribution in [-0.4, -0.2) is 11.8 Å². The number of rotatable bonds is 5. The van der Waals surface area contributed by atoms with Crippen molar-refractivity contribution in [1.29, 1.82) is 0 Å². The molecule has 3 aromatic rings. The number of anilines is 2. The Morgan fingerprint density at radius 2 is 1.50 bits per heavy atom. The molecular formula is C26H22Cl2N2O2. The second-order valence-electron chi connectivity index (χ2n) is 8.04. The van der Waals surface area contributed by atoms with Crippen molar-refractivity contribution in [2.45, 2.75) is 26.7 Å². The third-order valence-electron chi connectivity index (χ3n) is 5.44. The van der Waals surface area contributed by atoms with Gasteiger partial charge >= 0.3 is 0 Å². The van der Waals surface area contributed by atoms with Crippen LogP contribution in [0.5, 0.6) is 0 Å². The Balaban J connectivity index is 1.81. The van der Waals surface area contributed by atoms with E-state index in [1.165, 1.54) is 5.56 Å². The van der Waals surface area contributed by atoms with Gasteiger partial charge < -0.3 is 5.32 Å². The van der Waals surface area contributed by atoms with Gasteiger partial charge in [0.2, 0.25) is 0 Å². The summed E-state index contributed by atoms with van der Waals surface area (Å²) in [6.45, 7) is 6.20. The Labute approximate surface area is 197 Å². The summed E-state index contributed by atoms with van der Waals surface area (Å²) in [7, 11) is 0. The third-order valence-corrected chi connectivity index (χ3v) is 6.25. The minimum Gasteiger partial charge on any atom is -0.350 e. The highest BCUT2D eigenvalue weighted by molar-refractivity contribution is 6.50. The first kappa shape index (κ1) is 22.1. The number of hydrogen-bond donors (Lipinski definition) is 1. The van der Waals surface area contributed by atoms with Crippen LogP contribution in [-0.2, 0) is 9.59 Å². The highest BCUT2D eigenvalue weighted by Gasteiger charge is 2.41. The Hall–Kier alpha value is -3.08. The Bertz CT molecular complexity index is 1230. The first-order valence-electron chi connectivity index (χ1n) is 10.3. The van der Waals surface area contributed by atoms with Gasteiger partial charge in [-0.1, -0.05) is 85.1 Å². The number of nitrogens with one attached hydrogen (secondary N) is 1. The number of carbonyl (C=O) groups is 2. The molecule has 0 saturated carbocycles. The summed E-state index contributed by atoms with van der Waals surface area (Å²) < 4.78 is 0. The van der Waals surface area contributed by atoms with Crippen LogP contribution in [0.1, 0.15) is 36.5 Å². The van der Waals surface area contributed by atoms with Crippen LogP contribution < -0.4 is 10.2 Å². The molecule has 0 unspecified atom stereocenters. The van der Waals surface area contributed by atoms with Gasteiger partial charge in [0, 0.05) is 5.69 Å². The highest BCUT2D eigenvalue weighted by Crippen LogP contribution is 2.39. The second-order valence-corrected chi connectivity index (χ2v) is 8.82. The molecule has 6 heteroatoms. The summed E-state index contributed by atoms with van der Waals surface area (Å²) >= 11 is 12.5. The van der Waals surface area contributed by atoms with Gasteiger partial charge in [-0.3, -0.25) is 9.59 Å². The maximum absolute atomic E-state index is 13.5. The summed E-state index contributed by atoms with van der Waals surface area (Å²) in [4.78, 5) is 28.1. The fraction of sp³-hybridized carbons (Fsp3) is 0.154. The number of nitrogens with zero attached hydrogens (tertiary/aromatic N) is 1. The fourth-order valence-electron chi connectivity index (χ4n) is 3.61. The first-order valence-corrected chi connectivity index (χ1v) is 11.0. The van der Waals surface area contributed by atoms with Crippen LogP contribution in [0.25, 0.3) is 5.57 Å². The zero-order valence-electron chi connectivity index (χ0n) is 17.9. The van der Waals surface area contributed by atoms with Crippen molar-refractivity contribution in [3.63, 3.8) is 0 Å². The van der Waals surface area contributed by atoms with Gasteiger partial charge in [-0.25, -0.2) is 4.90 Å². The molecule has 162 valence electrons. The lowest BCUT2D eigenvalue weighted by Gasteiger charge is -2.17. The maximum Gasteiger partial charge on any atom is 0.282 e. The standard InChI is InChI=1S/C26H22Cl2N2O2/c1-15(2)17-11-13-19(14-12-17)29-24-22(18-9-7-16(3)8-10-18)25(31)30(26(24)32)21-6-4-5-20(27)23(21)28/h4-15,29H,1-3H3. The number of amides is 2. The Morgan fingerprint density at radius 1 is 0.844 bits per heavy atom. The van der Waals surface area contributed by atoms with Gasteiger partial charge in [-0.2, -0.15) is 0 Å². The van der Waals surface area contributed by atoms with Gasteiger partial charge in [0.1, 0.15) is 5.70 Å². The molecule has 1 heterocycles. The number of hydrogen-bond acceptors (Lipinski definition) is 3. The monoisotopic (exact) mass is 464 g/mol. The highest BCUT2D eigenvalue weighted by atomic mass is 35.5. The largest absolute Gasteiger partial charge is 0.350 e. The third kappa shape index (κ3) is 4.04. The lowest BCUT2D eigenvalue weighted by molar-refractivity contribution is -0.120. The molecule has 0 bridgehead atoms. The molecular weight excluding hydrogens is 443 g/mol. The molecule has 2 amide bonds. The van der Waals surface area contributed by atoms with Gasteiger partial charge in [0.05, 0.1) is 21.3 Å². The topological polar surface area (TPSA) is 49.4 Å². The molecule has 0 radical (unpaired) electrons. The predicted octanol–water partition coefficient (Wildman–Crippen LogP) is 6.82. The van der Waals surface area contributed by atoms with E-state index in [-0.39, 0.29) is 21.4 Å². The van der Waals surface area contributed by atoms with Gasteiger partial charge in [-0.15, -0.1) is 0 Å². The minimum absolute atomic E-state index is 0.154. The number of benzene rings is 3. The second kappa shape index (κ2) is 8.81. The zero-order chi connectivity index (χ0) is 23.0. The van der Waals surface area contributed by atoms with Crippen LogP contribution in [0.3, 0.4) is 0 Å². The van der Waals surface area contributed by atoms with Gasteiger partial charge in [0.15, 0.2) is 0 Å². The van der Waals surface area contributed by atoms with E-state index in [1.54, 1.807) is 18.2 Å². The lowest BCUT2D eigenvalue weighted by Crippen LogP contribution is -2.32. The number of imide groups is 1. The summed E-state index contributed by atoms with van der Waals surface area (Å²) in [5.41, 5.74) is 4.35. The molecule has 0 aromatic heterocycles. The van der Waals surface area contributed by atoms with Crippen LogP contribution in [0, 0.1) is 6.92 Å². The summed E-state index contributed by atoms with van der Waals surface area (Å²) in [6.07, 6.45) is 0. The predicted molar refractivity (Wildman–Crippen MR) is 131 cm³/mol. The van der Waals surface area contributed by atoms with Crippen LogP contribution in [0.15, 0.2) is 72.4 Å². The van der Waals surface area contributed by atoms with E-state index in [1.807, 2.05) is 55.5 Å². The zero-order valence-corrected chi connectivity index (χ0v) is 19.5. The van der Waals surface area contributed by atoms with E-state index >= 15 is 0 Å². The normalized spacial score (nSPS) is 14.0. The van der Waals surface area contributed by atoms with Crippen LogP contribution in [0.4, 0.5) is 11.4 Å². The molecule has 4 nitrogen and oxygen atoms in total. The Morgan fingerprint density at radius 3 is 2.12 bits per heavy atom. The summed E-state index contributed by atoms with van der Waals surface area (Å²) in [6, 6.07) is 20.2. The lowest BCUT2D eigenvalue weighted by atomic mass is 10.0. The molecule has 1 aliphatic heterocycles. The van der Waals surface area contributed by atoms with Gasteiger partial charge in [0.25, 0.3) is 11.8 Å². The van der Waals surface area contributed by atoms with E-state index < -0.39 is 11.8 Å². The molecule has 32 heavy (non-hydrogen) atoms. The molecule has 3 aromatic carbocycles. The SMILES string of the molecule is Cc1ccc(C2=C(Nc3ccc(C(C)C)cc3)C(=O)N(c3cccc(Cl)c3Cl)C2=O)cc1. The van der Waals surface area contributed by atoms with Crippen LogP contribution in [0.2, 0.25) is 10.0 Å². The first-order chi connectivity index (χ1) is 15.3. The van der Waals surface area contributed by atoms with Gasteiger partial charge in [-0.05, 0) is 48.2 Å². The van der Waals surface area contributed by atoms with Crippen molar-refractivity contribution in [2.75, 3.05) is 10.2 Å². The van der Waals surface area contributed by atoms with Crippen molar-refractivity contribution < 1.29 is 9.59 Å². The minimum atomic E-state index is -0.484. The molecule has 1 N–H and O–H groups in total. The number of halogens is 2. The number of aryl methyl sites for hydroxylation is 1. The Kier molecular flexibility index (Phi) is 6.09. The quantitative estimate of drug-likeness (QED) is 0.421. The smallest absolute Gasteiger partial charge is 0.282 e. The molecule has 0 fully saturated rings. The molecule has 0 atom stereocenters. The van der Waals surface area contributed by atoms with Crippen LogP contribution >= 0.6 is 23.2 Å². The van der Waals surface area contributed by atoms with E-state index in [2.05, 4.69) is 19.2 Å². The van der Waals surface area contributed by atoms with E-state index in [0.29, 0.717) is 22.7 Å². The molecule has 4 rings (SSSR count). The average Bonchev–Trinajstić information content (AvgIpc) is 3.01. The van der Waals surface area contributed by atoms with Crippen molar-refractivity contribution in [1.82, 2.24) is 0 Å². The maximum atomic E-state index is 13.5. The van der Waals surface area contributed by atoms with Crippen molar-refractivity contribution in [3.8, 4) is 0 Å². The van der Waals surface area contributed by atoms with E-state index in [9.17, 15) is 9.59 Å². The van der Waals surface area contributed by atoms with E-state index in [0.717, 1.165) is 10.5 Å². The van der Waals surface area contributed by atoms with Crippen molar-refractivity contribution in [2.24, 2.45) is 0 Å².